The average molecular weight is 349 g/mol. The monoisotopic (exact) mass is 348 g/mol. The van der Waals surface area contributed by atoms with Crippen molar-refractivity contribution in [1.29, 1.82) is 0 Å². The molecule has 4 nitrogen and oxygen atoms in total. The lowest BCUT2D eigenvalue weighted by molar-refractivity contribution is 0.756. The number of fused-ring (bicyclic) bond motifs is 1. The van der Waals surface area contributed by atoms with Crippen LogP contribution < -0.4 is 5.32 Å². The molecule has 0 saturated carbocycles. The fourth-order valence-corrected chi connectivity index (χ4v) is 2.98. The number of anilines is 1. The minimum Gasteiger partial charge on any atom is -0.377 e. The van der Waals surface area contributed by atoms with Gasteiger partial charge in [0, 0.05) is 24.0 Å². The second kappa shape index (κ2) is 6.95. The van der Waals surface area contributed by atoms with Gasteiger partial charge < -0.3 is 9.88 Å². The lowest BCUT2D eigenvalue weighted by Crippen LogP contribution is -2.10. The van der Waals surface area contributed by atoms with Gasteiger partial charge in [-0.1, -0.05) is 35.9 Å². The van der Waals surface area contributed by atoms with E-state index in [9.17, 15) is 0 Å². The van der Waals surface area contributed by atoms with Crippen molar-refractivity contribution < 1.29 is 0 Å². The smallest absolute Gasteiger partial charge is 0.129 e. The average Bonchev–Trinajstić information content (AvgIpc) is 3.00. The predicted octanol–water partition coefficient (Wildman–Crippen LogP) is 4.75. The van der Waals surface area contributed by atoms with E-state index < -0.39 is 0 Å². The van der Waals surface area contributed by atoms with Crippen LogP contribution in [0.3, 0.4) is 0 Å². The molecule has 0 aliphatic rings. The topological polar surface area (TPSA) is 42.7 Å². The minimum atomic E-state index is 0.633. The molecule has 0 amide bonds. The quantitative estimate of drug-likeness (QED) is 0.566. The lowest BCUT2D eigenvalue weighted by Gasteiger charge is -2.11. The molecule has 2 aromatic heterocycles. The normalized spacial score (nSPS) is 10.9. The highest BCUT2D eigenvalue weighted by Gasteiger charge is 2.11. The summed E-state index contributed by atoms with van der Waals surface area (Å²) in [5.74, 6) is 0.986. The Kier molecular flexibility index (Phi) is 4.36. The molecular weight excluding hydrogens is 332 g/mol. The molecule has 2 aromatic carbocycles. The molecule has 5 heteroatoms. The molecule has 0 atom stereocenters. The molecule has 1 N–H and O–H groups in total. The van der Waals surface area contributed by atoms with Gasteiger partial charge in [-0.25, -0.2) is 4.98 Å². The van der Waals surface area contributed by atoms with Gasteiger partial charge in [0.15, 0.2) is 0 Å². The van der Waals surface area contributed by atoms with Gasteiger partial charge in [-0.2, -0.15) is 0 Å². The third kappa shape index (κ3) is 3.49. The van der Waals surface area contributed by atoms with Crippen LogP contribution in [0.15, 0.2) is 73.1 Å². The summed E-state index contributed by atoms with van der Waals surface area (Å²) in [4.78, 5) is 8.93. The molecule has 4 rings (SSSR count). The van der Waals surface area contributed by atoms with E-state index in [0.717, 1.165) is 34.1 Å². The summed E-state index contributed by atoms with van der Waals surface area (Å²) in [6.45, 7) is 1.38. The summed E-state index contributed by atoms with van der Waals surface area (Å²) in [7, 11) is 0. The van der Waals surface area contributed by atoms with Crippen LogP contribution >= 0.6 is 11.6 Å². The minimum absolute atomic E-state index is 0.633. The van der Waals surface area contributed by atoms with Crippen LogP contribution in [-0.4, -0.2) is 14.5 Å². The molecule has 0 saturated heterocycles. The highest BCUT2D eigenvalue weighted by molar-refractivity contribution is 6.30. The van der Waals surface area contributed by atoms with Crippen molar-refractivity contribution in [3.05, 3.63) is 89.5 Å². The molecule has 25 heavy (non-hydrogen) atoms. The number of hydrogen-bond acceptors (Lipinski definition) is 3. The summed E-state index contributed by atoms with van der Waals surface area (Å²) in [5, 5.41) is 4.14. The summed E-state index contributed by atoms with van der Waals surface area (Å²) in [6, 6.07) is 20.1. The van der Waals surface area contributed by atoms with Gasteiger partial charge in [-0.15, -0.1) is 0 Å². The van der Waals surface area contributed by atoms with Gasteiger partial charge in [-0.3, -0.25) is 4.98 Å². The van der Waals surface area contributed by atoms with Crippen molar-refractivity contribution in [1.82, 2.24) is 14.5 Å². The third-order valence-electron chi connectivity index (χ3n) is 4.10. The second-order valence-corrected chi connectivity index (χ2v) is 6.26. The third-order valence-corrected chi connectivity index (χ3v) is 4.35. The summed E-state index contributed by atoms with van der Waals surface area (Å²) < 4.78 is 2.24. The number of nitrogens with zero attached hydrogens (tertiary/aromatic N) is 3. The molecule has 0 unspecified atom stereocenters. The Bertz CT molecular complexity index is 978. The van der Waals surface area contributed by atoms with E-state index in [4.69, 9.17) is 16.6 Å². The largest absolute Gasteiger partial charge is 0.377 e. The number of pyridine rings is 1. The maximum Gasteiger partial charge on any atom is 0.129 e. The molecule has 124 valence electrons. The molecule has 0 bridgehead atoms. The Labute approximate surface area is 151 Å². The van der Waals surface area contributed by atoms with Crippen LogP contribution in [-0.2, 0) is 13.1 Å². The van der Waals surface area contributed by atoms with Crippen molar-refractivity contribution in [3.8, 4) is 0 Å². The Morgan fingerprint density at radius 3 is 2.60 bits per heavy atom. The maximum absolute atomic E-state index is 6.00. The van der Waals surface area contributed by atoms with Gasteiger partial charge in [0.25, 0.3) is 0 Å². The van der Waals surface area contributed by atoms with Crippen LogP contribution in [0.5, 0.6) is 0 Å². The molecule has 0 spiro atoms. The zero-order valence-corrected chi connectivity index (χ0v) is 14.3. The van der Waals surface area contributed by atoms with E-state index >= 15 is 0 Å². The van der Waals surface area contributed by atoms with E-state index in [-0.39, 0.29) is 0 Å². The standard InChI is InChI=1S/C20H17ClN4/c21-16-9-7-15(8-10-16)14-25-19-6-2-1-5-18(19)24-20(25)13-23-17-4-3-11-22-12-17/h1-12,23H,13-14H2. The maximum atomic E-state index is 6.00. The van der Waals surface area contributed by atoms with Gasteiger partial charge in [0.1, 0.15) is 5.82 Å². The first-order chi connectivity index (χ1) is 12.3. The molecule has 4 aromatic rings. The lowest BCUT2D eigenvalue weighted by atomic mass is 10.2. The fourth-order valence-electron chi connectivity index (χ4n) is 2.86. The van der Waals surface area contributed by atoms with Crippen LogP contribution in [0.1, 0.15) is 11.4 Å². The number of hydrogen-bond donors (Lipinski definition) is 1. The van der Waals surface area contributed by atoms with Gasteiger partial charge in [-0.05, 0) is 42.0 Å². The van der Waals surface area contributed by atoms with E-state index in [2.05, 4.69) is 33.1 Å². The van der Waals surface area contributed by atoms with Crippen molar-refractivity contribution in [2.45, 2.75) is 13.1 Å². The number of para-hydroxylation sites is 2. The highest BCUT2D eigenvalue weighted by atomic mass is 35.5. The fraction of sp³-hybridized carbons (Fsp3) is 0.100. The van der Waals surface area contributed by atoms with Crippen LogP contribution in [0.4, 0.5) is 5.69 Å². The molecule has 0 fully saturated rings. The molecular formula is C20H17ClN4. The van der Waals surface area contributed by atoms with Crippen molar-refractivity contribution >= 4 is 28.3 Å². The van der Waals surface area contributed by atoms with Crippen LogP contribution in [0.25, 0.3) is 11.0 Å². The van der Waals surface area contributed by atoms with E-state index in [0.29, 0.717) is 6.54 Å². The summed E-state index contributed by atoms with van der Waals surface area (Å²) >= 11 is 6.00. The Morgan fingerprint density at radius 2 is 1.80 bits per heavy atom. The van der Waals surface area contributed by atoms with E-state index in [1.807, 2.05) is 48.7 Å². The number of rotatable bonds is 5. The van der Waals surface area contributed by atoms with Crippen LogP contribution in [0.2, 0.25) is 5.02 Å². The summed E-state index contributed by atoms with van der Waals surface area (Å²) in [6.07, 6.45) is 3.58. The Balaban J connectivity index is 1.66. The van der Waals surface area contributed by atoms with Gasteiger partial charge >= 0.3 is 0 Å². The van der Waals surface area contributed by atoms with Gasteiger partial charge in [0.2, 0.25) is 0 Å². The van der Waals surface area contributed by atoms with Crippen LogP contribution in [0, 0.1) is 0 Å². The first-order valence-corrected chi connectivity index (χ1v) is 8.50. The van der Waals surface area contributed by atoms with E-state index in [1.54, 1.807) is 6.20 Å². The van der Waals surface area contributed by atoms with Crippen molar-refractivity contribution in [2.24, 2.45) is 0 Å². The van der Waals surface area contributed by atoms with Crippen molar-refractivity contribution in [3.63, 3.8) is 0 Å². The molecule has 2 heterocycles. The number of benzene rings is 2. The number of halogens is 1. The van der Waals surface area contributed by atoms with Crippen molar-refractivity contribution in [2.75, 3.05) is 5.32 Å². The molecule has 0 aliphatic carbocycles. The van der Waals surface area contributed by atoms with Gasteiger partial charge in [0.05, 0.1) is 23.3 Å². The number of nitrogens with one attached hydrogen (secondary N) is 1. The second-order valence-electron chi connectivity index (χ2n) is 5.82. The predicted molar refractivity (Wildman–Crippen MR) is 102 cm³/mol. The molecule has 0 aliphatic heterocycles. The van der Waals surface area contributed by atoms with E-state index in [1.165, 1.54) is 5.56 Å². The zero-order chi connectivity index (χ0) is 17.1. The highest BCUT2D eigenvalue weighted by Crippen LogP contribution is 2.20. The Hall–Kier alpha value is -2.85. The zero-order valence-electron chi connectivity index (χ0n) is 13.6. The number of imidazole rings is 1. The first kappa shape index (κ1) is 15.7. The first-order valence-electron chi connectivity index (χ1n) is 8.12. The Morgan fingerprint density at radius 1 is 0.960 bits per heavy atom. The molecule has 0 radical (unpaired) electrons. The summed E-state index contributed by atoms with van der Waals surface area (Å²) in [5.41, 5.74) is 4.29. The SMILES string of the molecule is Clc1ccc(Cn2c(CNc3cccnc3)nc3ccccc32)cc1. The number of aromatic nitrogens is 3.